The lowest BCUT2D eigenvalue weighted by Crippen LogP contribution is -2.41. The number of rotatable bonds is 5. The molecule has 3 N–H and O–H groups in total. The molecule has 0 saturated heterocycles. The van der Waals surface area contributed by atoms with Crippen LogP contribution in [0.4, 0.5) is 23.7 Å². The van der Waals surface area contributed by atoms with Crippen LogP contribution in [0.15, 0.2) is 24.3 Å². The predicted octanol–water partition coefficient (Wildman–Crippen LogP) is 4.13. The van der Waals surface area contributed by atoms with Gasteiger partial charge in [0, 0.05) is 35.6 Å². The van der Waals surface area contributed by atoms with Crippen LogP contribution in [0.25, 0.3) is 0 Å². The SMILES string of the molecule is Cc1nn(C)c(C)c1[C@H](NC(=O)Nc1ccc(C(=O)NC2CCCC2)cc1)C(F)(F)F. The molecule has 1 atom stereocenters. The van der Waals surface area contributed by atoms with E-state index in [1.54, 1.807) is 7.05 Å². The normalized spacial score (nSPS) is 15.5. The number of anilines is 1. The number of carbonyl (C=O) groups is 2. The Kier molecular flexibility index (Phi) is 6.56. The summed E-state index contributed by atoms with van der Waals surface area (Å²) in [5.74, 6) is -0.206. The van der Waals surface area contributed by atoms with Gasteiger partial charge < -0.3 is 16.0 Å². The number of alkyl halides is 3. The summed E-state index contributed by atoms with van der Waals surface area (Å²) in [6.07, 6.45) is -0.582. The van der Waals surface area contributed by atoms with E-state index in [-0.39, 0.29) is 28.9 Å². The first-order valence-corrected chi connectivity index (χ1v) is 10.1. The summed E-state index contributed by atoms with van der Waals surface area (Å²) in [6.45, 7) is 2.99. The van der Waals surface area contributed by atoms with E-state index in [0.717, 1.165) is 25.7 Å². The molecule has 0 radical (unpaired) electrons. The zero-order valence-electron chi connectivity index (χ0n) is 17.6. The van der Waals surface area contributed by atoms with Crippen molar-refractivity contribution >= 4 is 17.6 Å². The van der Waals surface area contributed by atoms with Crippen molar-refractivity contribution in [2.45, 2.75) is 57.8 Å². The number of aromatic nitrogens is 2. The molecule has 31 heavy (non-hydrogen) atoms. The molecule has 1 fully saturated rings. The van der Waals surface area contributed by atoms with Gasteiger partial charge in [-0.2, -0.15) is 18.3 Å². The average Bonchev–Trinajstić information content (AvgIpc) is 3.28. The van der Waals surface area contributed by atoms with Crippen molar-refractivity contribution in [1.82, 2.24) is 20.4 Å². The molecule has 1 aromatic heterocycles. The minimum Gasteiger partial charge on any atom is -0.349 e. The molecular weight excluding hydrogens is 411 g/mol. The lowest BCUT2D eigenvalue weighted by atomic mass is 10.0. The maximum absolute atomic E-state index is 13.7. The monoisotopic (exact) mass is 437 g/mol. The third kappa shape index (κ3) is 5.36. The summed E-state index contributed by atoms with van der Waals surface area (Å²) in [6, 6.07) is 2.98. The number of urea groups is 1. The fraction of sp³-hybridized carbons (Fsp3) is 0.476. The van der Waals surface area contributed by atoms with E-state index in [0.29, 0.717) is 11.3 Å². The Balaban J connectivity index is 1.66. The molecule has 1 aliphatic carbocycles. The number of aryl methyl sites for hydroxylation is 2. The number of nitrogens with one attached hydrogen (secondary N) is 3. The first-order valence-electron chi connectivity index (χ1n) is 10.1. The van der Waals surface area contributed by atoms with Crippen molar-refractivity contribution in [3.8, 4) is 0 Å². The summed E-state index contributed by atoms with van der Waals surface area (Å²) in [7, 11) is 1.55. The van der Waals surface area contributed by atoms with Gasteiger partial charge in [-0.25, -0.2) is 4.79 Å². The lowest BCUT2D eigenvalue weighted by Gasteiger charge is -2.22. The standard InChI is InChI=1S/C21H26F3N5O2/c1-12-17(13(2)29(3)28-12)18(21(22,23)24)27-20(31)26-16-10-8-14(9-11-16)19(30)25-15-6-4-5-7-15/h8-11,15,18H,4-7H2,1-3H3,(H,25,30)(H2,26,27,31)/t18-/m0/s1. The number of hydrogen-bond donors (Lipinski definition) is 3. The quantitative estimate of drug-likeness (QED) is 0.657. The highest BCUT2D eigenvalue weighted by Crippen LogP contribution is 2.35. The van der Waals surface area contributed by atoms with Gasteiger partial charge in [0.1, 0.15) is 0 Å². The number of benzene rings is 1. The summed E-state index contributed by atoms with van der Waals surface area (Å²) in [5.41, 5.74) is 1.13. The number of halogens is 3. The van der Waals surface area contributed by atoms with Crippen molar-refractivity contribution in [2.24, 2.45) is 7.05 Å². The largest absolute Gasteiger partial charge is 0.413 e. The number of hydrogen-bond acceptors (Lipinski definition) is 3. The fourth-order valence-corrected chi connectivity index (χ4v) is 3.87. The Morgan fingerprint density at radius 2 is 1.74 bits per heavy atom. The van der Waals surface area contributed by atoms with Gasteiger partial charge in [-0.3, -0.25) is 9.48 Å². The zero-order chi connectivity index (χ0) is 22.8. The second-order valence-electron chi connectivity index (χ2n) is 7.81. The Labute approximate surface area is 178 Å². The van der Waals surface area contributed by atoms with Gasteiger partial charge in [0.2, 0.25) is 0 Å². The zero-order valence-corrected chi connectivity index (χ0v) is 17.6. The molecule has 1 aromatic carbocycles. The van der Waals surface area contributed by atoms with Gasteiger partial charge in [0.05, 0.1) is 5.69 Å². The highest BCUT2D eigenvalue weighted by Gasteiger charge is 2.44. The first-order chi connectivity index (χ1) is 14.6. The molecule has 1 aliphatic rings. The molecule has 3 amide bonds. The van der Waals surface area contributed by atoms with Crippen LogP contribution < -0.4 is 16.0 Å². The van der Waals surface area contributed by atoms with Crippen LogP contribution in [-0.2, 0) is 7.05 Å². The van der Waals surface area contributed by atoms with Crippen molar-refractivity contribution in [3.05, 3.63) is 46.8 Å². The highest BCUT2D eigenvalue weighted by atomic mass is 19.4. The second-order valence-corrected chi connectivity index (χ2v) is 7.81. The maximum Gasteiger partial charge on any atom is 0.413 e. The third-order valence-corrected chi connectivity index (χ3v) is 5.55. The topological polar surface area (TPSA) is 88.1 Å². The Morgan fingerprint density at radius 1 is 1.13 bits per heavy atom. The van der Waals surface area contributed by atoms with E-state index >= 15 is 0 Å². The molecule has 1 saturated carbocycles. The fourth-order valence-electron chi connectivity index (χ4n) is 3.87. The van der Waals surface area contributed by atoms with E-state index in [9.17, 15) is 22.8 Å². The molecule has 3 rings (SSSR count). The van der Waals surface area contributed by atoms with Crippen LogP contribution in [0.2, 0.25) is 0 Å². The molecule has 0 spiro atoms. The minimum atomic E-state index is -4.70. The van der Waals surface area contributed by atoms with Crippen LogP contribution in [0, 0.1) is 13.8 Å². The van der Waals surface area contributed by atoms with Gasteiger partial charge in [-0.05, 0) is 51.0 Å². The lowest BCUT2D eigenvalue weighted by molar-refractivity contribution is -0.155. The van der Waals surface area contributed by atoms with E-state index in [1.807, 2.05) is 5.32 Å². The van der Waals surface area contributed by atoms with Crippen LogP contribution in [0.1, 0.15) is 59.0 Å². The van der Waals surface area contributed by atoms with E-state index in [4.69, 9.17) is 0 Å². The highest BCUT2D eigenvalue weighted by molar-refractivity contribution is 5.95. The summed E-state index contributed by atoms with van der Waals surface area (Å²) in [5, 5.41) is 11.3. The van der Waals surface area contributed by atoms with Gasteiger partial charge >= 0.3 is 12.2 Å². The van der Waals surface area contributed by atoms with Crippen molar-refractivity contribution in [3.63, 3.8) is 0 Å². The van der Waals surface area contributed by atoms with Gasteiger partial charge in [-0.15, -0.1) is 0 Å². The summed E-state index contributed by atoms with van der Waals surface area (Å²) < 4.78 is 42.3. The smallest absolute Gasteiger partial charge is 0.349 e. The Hall–Kier alpha value is -3.04. The predicted molar refractivity (Wildman–Crippen MR) is 110 cm³/mol. The molecule has 0 unspecified atom stereocenters. The van der Waals surface area contributed by atoms with Crippen molar-refractivity contribution < 1.29 is 22.8 Å². The summed E-state index contributed by atoms with van der Waals surface area (Å²) >= 11 is 0. The molecule has 1 heterocycles. The number of amides is 3. The van der Waals surface area contributed by atoms with E-state index < -0.39 is 18.2 Å². The van der Waals surface area contributed by atoms with Crippen LogP contribution >= 0.6 is 0 Å². The van der Waals surface area contributed by atoms with Gasteiger partial charge in [0.15, 0.2) is 6.04 Å². The Bertz CT molecular complexity index is 947. The van der Waals surface area contributed by atoms with Crippen molar-refractivity contribution in [2.75, 3.05) is 5.32 Å². The molecule has 0 bridgehead atoms. The summed E-state index contributed by atoms with van der Waals surface area (Å²) in [4.78, 5) is 24.6. The molecule has 7 nitrogen and oxygen atoms in total. The molecule has 2 aromatic rings. The van der Waals surface area contributed by atoms with Crippen LogP contribution in [0.5, 0.6) is 0 Å². The minimum absolute atomic E-state index is 0.0796. The molecule has 0 aliphatic heterocycles. The van der Waals surface area contributed by atoms with Crippen molar-refractivity contribution in [1.29, 1.82) is 0 Å². The third-order valence-electron chi connectivity index (χ3n) is 5.55. The number of nitrogens with zero attached hydrogens (tertiary/aromatic N) is 2. The average molecular weight is 437 g/mol. The van der Waals surface area contributed by atoms with Gasteiger partial charge in [-0.1, -0.05) is 12.8 Å². The second kappa shape index (κ2) is 8.99. The van der Waals surface area contributed by atoms with Crippen LogP contribution in [-0.4, -0.2) is 33.9 Å². The molecular formula is C21H26F3N5O2. The van der Waals surface area contributed by atoms with Gasteiger partial charge in [0.25, 0.3) is 5.91 Å². The first kappa shape index (κ1) is 22.6. The maximum atomic E-state index is 13.7. The Morgan fingerprint density at radius 3 is 2.26 bits per heavy atom. The molecule has 168 valence electrons. The van der Waals surface area contributed by atoms with Crippen LogP contribution in [0.3, 0.4) is 0 Å². The van der Waals surface area contributed by atoms with E-state index in [1.165, 1.54) is 42.8 Å². The molecule has 10 heteroatoms. The number of carbonyl (C=O) groups excluding carboxylic acids is 2. The van der Waals surface area contributed by atoms with E-state index in [2.05, 4.69) is 15.7 Å².